The molecule has 1 aliphatic rings. The van der Waals surface area contributed by atoms with Crippen LogP contribution in [0.2, 0.25) is 5.02 Å². The molecule has 0 bridgehead atoms. The largest absolute Gasteiger partial charge is 0.368 e. The van der Waals surface area contributed by atoms with Gasteiger partial charge in [0.2, 0.25) is 5.91 Å². The van der Waals surface area contributed by atoms with Gasteiger partial charge in [0.05, 0.1) is 17.3 Å². The standard InChI is InChI=1S/C25H24ClN3O2/c26-22-8-4-5-9-23(22)29-16-14-28(15-17-29)18-24(30)27-21-12-10-20(11-13-21)25(31)19-6-2-1-3-7-19/h1-13H,14-18H2,(H,27,30). The van der Waals surface area contributed by atoms with Crippen LogP contribution < -0.4 is 10.2 Å². The van der Waals surface area contributed by atoms with Crippen molar-refractivity contribution in [2.75, 3.05) is 42.9 Å². The van der Waals surface area contributed by atoms with Crippen molar-refractivity contribution in [1.29, 1.82) is 0 Å². The highest BCUT2D eigenvalue weighted by Gasteiger charge is 2.20. The first-order valence-electron chi connectivity index (χ1n) is 10.3. The van der Waals surface area contributed by atoms with E-state index in [4.69, 9.17) is 11.6 Å². The summed E-state index contributed by atoms with van der Waals surface area (Å²) in [6.45, 7) is 3.58. The highest BCUT2D eigenvalue weighted by molar-refractivity contribution is 6.33. The van der Waals surface area contributed by atoms with Gasteiger partial charge in [0, 0.05) is 43.0 Å². The quantitative estimate of drug-likeness (QED) is 0.588. The number of para-hydroxylation sites is 1. The molecule has 0 radical (unpaired) electrons. The number of carbonyl (C=O) groups excluding carboxylic acids is 2. The lowest BCUT2D eigenvalue weighted by atomic mass is 10.0. The van der Waals surface area contributed by atoms with Crippen LogP contribution in [-0.2, 0) is 4.79 Å². The number of piperazine rings is 1. The van der Waals surface area contributed by atoms with Gasteiger partial charge in [-0.1, -0.05) is 54.1 Å². The predicted molar refractivity (Wildman–Crippen MR) is 125 cm³/mol. The fraction of sp³-hybridized carbons (Fsp3) is 0.200. The number of benzene rings is 3. The Morgan fingerprint density at radius 2 is 1.39 bits per heavy atom. The number of nitrogens with zero attached hydrogens (tertiary/aromatic N) is 2. The molecule has 1 aliphatic heterocycles. The van der Waals surface area contributed by atoms with Crippen molar-refractivity contribution in [3.8, 4) is 0 Å². The van der Waals surface area contributed by atoms with E-state index in [-0.39, 0.29) is 11.7 Å². The zero-order valence-corrected chi connectivity index (χ0v) is 17.9. The topological polar surface area (TPSA) is 52.7 Å². The Kier molecular flexibility index (Phi) is 6.65. The van der Waals surface area contributed by atoms with E-state index in [0.717, 1.165) is 36.9 Å². The minimum absolute atomic E-state index is 0.0325. The molecule has 0 aliphatic carbocycles. The average Bonchev–Trinajstić information content (AvgIpc) is 2.81. The smallest absolute Gasteiger partial charge is 0.238 e. The first-order valence-corrected chi connectivity index (χ1v) is 10.7. The molecule has 0 atom stereocenters. The van der Waals surface area contributed by atoms with Crippen molar-refractivity contribution in [2.45, 2.75) is 0 Å². The molecule has 0 unspecified atom stereocenters. The molecule has 1 fully saturated rings. The number of amides is 1. The van der Waals surface area contributed by atoms with Crippen molar-refractivity contribution in [1.82, 2.24) is 4.90 Å². The Hall–Kier alpha value is -3.15. The lowest BCUT2D eigenvalue weighted by Gasteiger charge is -2.36. The van der Waals surface area contributed by atoms with Crippen LogP contribution >= 0.6 is 11.6 Å². The van der Waals surface area contributed by atoms with Crippen molar-refractivity contribution in [3.05, 3.63) is 95.0 Å². The molecule has 5 nitrogen and oxygen atoms in total. The summed E-state index contributed by atoms with van der Waals surface area (Å²) in [5.74, 6) is -0.0943. The third-order valence-corrected chi connectivity index (χ3v) is 5.72. The zero-order valence-electron chi connectivity index (χ0n) is 17.1. The molecule has 1 saturated heterocycles. The number of halogens is 1. The van der Waals surface area contributed by atoms with E-state index in [9.17, 15) is 9.59 Å². The van der Waals surface area contributed by atoms with Crippen LogP contribution in [0, 0.1) is 0 Å². The molecule has 1 amide bonds. The molecule has 3 aromatic carbocycles. The summed E-state index contributed by atoms with van der Waals surface area (Å²) in [7, 11) is 0. The van der Waals surface area contributed by atoms with E-state index in [0.29, 0.717) is 23.4 Å². The number of anilines is 2. The second-order valence-electron chi connectivity index (χ2n) is 7.54. The predicted octanol–water partition coefficient (Wildman–Crippen LogP) is 4.33. The zero-order chi connectivity index (χ0) is 21.6. The van der Waals surface area contributed by atoms with Crippen LogP contribution in [0.15, 0.2) is 78.9 Å². The number of nitrogens with one attached hydrogen (secondary N) is 1. The molecule has 1 heterocycles. The third-order valence-electron chi connectivity index (χ3n) is 5.40. The summed E-state index contributed by atoms with van der Waals surface area (Å²) in [6.07, 6.45) is 0. The fourth-order valence-electron chi connectivity index (χ4n) is 3.72. The number of carbonyl (C=O) groups is 2. The summed E-state index contributed by atoms with van der Waals surface area (Å²) < 4.78 is 0. The average molecular weight is 434 g/mol. The molecular weight excluding hydrogens is 410 g/mol. The van der Waals surface area contributed by atoms with E-state index in [1.165, 1.54) is 0 Å². The molecule has 4 rings (SSSR count). The second kappa shape index (κ2) is 9.77. The van der Waals surface area contributed by atoms with Gasteiger partial charge in [-0.3, -0.25) is 14.5 Å². The lowest BCUT2D eigenvalue weighted by molar-refractivity contribution is -0.117. The summed E-state index contributed by atoms with van der Waals surface area (Å²) in [5, 5.41) is 3.67. The van der Waals surface area contributed by atoms with E-state index in [2.05, 4.69) is 15.1 Å². The maximum absolute atomic E-state index is 12.5. The highest BCUT2D eigenvalue weighted by Crippen LogP contribution is 2.26. The summed E-state index contributed by atoms with van der Waals surface area (Å²) in [4.78, 5) is 29.3. The number of hydrogen-bond donors (Lipinski definition) is 1. The Balaban J connectivity index is 1.28. The first-order chi connectivity index (χ1) is 15.1. The van der Waals surface area contributed by atoms with Crippen LogP contribution in [0.5, 0.6) is 0 Å². The molecule has 1 N–H and O–H groups in total. The maximum atomic E-state index is 12.5. The van der Waals surface area contributed by atoms with Gasteiger partial charge in [-0.05, 0) is 36.4 Å². The van der Waals surface area contributed by atoms with Crippen molar-refractivity contribution >= 4 is 34.7 Å². The summed E-state index contributed by atoms with van der Waals surface area (Å²) in [6, 6.07) is 24.0. The van der Waals surface area contributed by atoms with Gasteiger partial charge >= 0.3 is 0 Å². The molecule has 31 heavy (non-hydrogen) atoms. The normalized spacial score (nSPS) is 14.3. The van der Waals surface area contributed by atoms with Gasteiger partial charge in [0.15, 0.2) is 5.78 Å². The van der Waals surface area contributed by atoms with Crippen LogP contribution in [-0.4, -0.2) is 49.3 Å². The Morgan fingerprint density at radius 1 is 0.774 bits per heavy atom. The molecule has 3 aromatic rings. The lowest BCUT2D eigenvalue weighted by Crippen LogP contribution is -2.48. The number of hydrogen-bond acceptors (Lipinski definition) is 4. The van der Waals surface area contributed by atoms with Gasteiger partial charge in [-0.15, -0.1) is 0 Å². The van der Waals surface area contributed by atoms with Gasteiger partial charge in [-0.25, -0.2) is 0 Å². The summed E-state index contributed by atoms with van der Waals surface area (Å²) >= 11 is 6.29. The molecule has 0 spiro atoms. The molecule has 0 saturated carbocycles. The highest BCUT2D eigenvalue weighted by atomic mass is 35.5. The van der Waals surface area contributed by atoms with Gasteiger partial charge in [0.1, 0.15) is 0 Å². The van der Waals surface area contributed by atoms with Crippen LogP contribution in [0.4, 0.5) is 11.4 Å². The van der Waals surface area contributed by atoms with Crippen molar-refractivity contribution < 1.29 is 9.59 Å². The molecule has 0 aromatic heterocycles. The Morgan fingerprint density at radius 3 is 2.06 bits per heavy atom. The maximum Gasteiger partial charge on any atom is 0.238 e. The van der Waals surface area contributed by atoms with Crippen LogP contribution in [0.1, 0.15) is 15.9 Å². The minimum atomic E-state index is -0.0617. The van der Waals surface area contributed by atoms with Crippen molar-refractivity contribution in [3.63, 3.8) is 0 Å². The van der Waals surface area contributed by atoms with E-state index in [1.807, 2.05) is 42.5 Å². The summed E-state index contributed by atoms with van der Waals surface area (Å²) in [5.41, 5.74) is 2.97. The van der Waals surface area contributed by atoms with E-state index < -0.39 is 0 Å². The van der Waals surface area contributed by atoms with E-state index >= 15 is 0 Å². The van der Waals surface area contributed by atoms with Gasteiger partial charge < -0.3 is 10.2 Å². The number of ketones is 1. The van der Waals surface area contributed by atoms with Gasteiger partial charge in [0.25, 0.3) is 0 Å². The van der Waals surface area contributed by atoms with Gasteiger partial charge in [-0.2, -0.15) is 0 Å². The third kappa shape index (κ3) is 5.32. The minimum Gasteiger partial charge on any atom is -0.368 e. The van der Waals surface area contributed by atoms with Crippen LogP contribution in [0.3, 0.4) is 0 Å². The van der Waals surface area contributed by atoms with Crippen LogP contribution in [0.25, 0.3) is 0 Å². The second-order valence-corrected chi connectivity index (χ2v) is 7.94. The molecule has 158 valence electrons. The van der Waals surface area contributed by atoms with E-state index in [1.54, 1.807) is 36.4 Å². The molecule has 6 heteroatoms. The first kappa shape index (κ1) is 21.1. The fourth-order valence-corrected chi connectivity index (χ4v) is 3.98. The molecular formula is C25H24ClN3O2. The SMILES string of the molecule is O=C(CN1CCN(c2ccccc2Cl)CC1)Nc1ccc(C(=O)c2ccccc2)cc1. The Labute approximate surface area is 187 Å². The number of rotatable bonds is 6. The van der Waals surface area contributed by atoms with Crippen molar-refractivity contribution in [2.24, 2.45) is 0 Å². The Bertz CT molecular complexity index is 1050. The monoisotopic (exact) mass is 433 g/mol.